The van der Waals surface area contributed by atoms with E-state index in [1.54, 1.807) is 0 Å². The molecular weight excluding hydrogens is 270 g/mol. The van der Waals surface area contributed by atoms with Crippen LogP contribution in [-0.2, 0) is 4.79 Å². The second-order valence-electron chi connectivity index (χ2n) is 6.52. The number of rotatable bonds is 5. The second-order valence-corrected chi connectivity index (χ2v) is 6.52. The first-order valence-corrected chi connectivity index (χ1v) is 8.04. The molecule has 21 heavy (non-hydrogen) atoms. The molecule has 0 bridgehead atoms. The molecule has 1 aliphatic carbocycles. The number of hydrogen-bond donors (Lipinski definition) is 3. The van der Waals surface area contributed by atoms with Crippen LogP contribution in [0.4, 0.5) is 4.79 Å². The second kappa shape index (κ2) is 7.11. The molecule has 6 heteroatoms. The summed E-state index contributed by atoms with van der Waals surface area (Å²) in [7, 11) is 0. The van der Waals surface area contributed by atoms with Crippen LogP contribution in [-0.4, -0.2) is 53.7 Å². The van der Waals surface area contributed by atoms with Gasteiger partial charge in [-0.25, -0.2) is 9.59 Å². The summed E-state index contributed by atoms with van der Waals surface area (Å²) < 4.78 is 0. The number of nitrogens with zero attached hydrogens (tertiary/aromatic N) is 1. The summed E-state index contributed by atoms with van der Waals surface area (Å²) in [6.45, 7) is 5.64. The lowest BCUT2D eigenvalue weighted by Gasteiger charge is -2.37. The number of carboxylic acid groups (broad SMARTS) is 1. The van der Waals surface area contributed by atoms with E-state index in [1.165, 1.54) is 12.8 Å². The molecule has 1 aliphatic heterocycles. The average Bonchev–Trinajstić information content (AvgIpc) is 2.91. The fourth-order valence-corrected chi connectivity index (χ4v) is 3.51. The molecule has 1 saturated carbocycles. The third kappa shape index (κ3) is 4.33. The monoisotopic (exact) mass is 297 g/mol. The number of carbonyl (C=O) groups is 2. The van der Waals surface area contributed by atoms with Crippen molar-refractivity contribution in [3.05, 3.63) is 0 Å². The van der Waals surface area contributed by atoms with E-state index in [-0.39, 0.29) is 6.03 Å². The zero-order valence-electron chi connectivity index (χ0n) is 12.9. The van der Waals surface area contributed by atoms with Gasteiger partial charge in [0.05, 0.1) is 0 Å². The Morgan fingerprint density at radius 2 is 2.00 bits per heavy atom. The van der Waals surface area contributed by atoms with Crippen LogP contribution in [0.15, 0.2) is 0 Å². The summed E-state index contributed by atoms with van der Waals surface area (Å²) in [5.74, 6) is -0.580. The molecule has 3 N–H and O–H groups in total. The Morgan fingerprint density at radius 1 is 1.29 bits per heavy atom. The van der Waals surface area contributed by atoms with E-state index in [0.29, 0.717) is 25.3 Å². The average molecular weight is 297 g/mol. The number of carboxylic acids is 1. The molecule has 2 unspecified atom stereocenters. The van der Waals surface area contributed by atoms with E-state index in [1.807, 2.05) is 6.92 Å². The summed E-state index contributed by atoms with van der Waals surface area (Å²) in [5, 5.41) is 15.0. The molecule has 2 amide bonds. The highest BCUT2D eigenvalue weighted by atomic mass is 16.4. The number of amides is 2. The fraction of sp³-hybridized carbons (Fsp3) is 0.867. The summed E-state index contributed by atoms with van der Waals surface area (Å²) in [4.78, 5) is 25.9. The van der Waals surface area contributed by atoms with Gasteiger partial charge in [0.2, 0.25) is 0 Å². The van der Waals surface area contributed by atoms with Crippen LogP contribution in [0.25, 0.3) is 0 Å². The quantitative estimate of drug-likeness (QED) is 0.717. The number of hydrogen-bond acceptors (Lipinski definition) is 3. The minimum atomic E-state index is -1.09. The Labute approximate surface area is 126 Å². The smallest absolute Gasteiger partial charge is 0.329 e. The molecule has 1 saturated heterocycles. The number of likely N-dealkylation sites (tertiary alicyclic amines) is 1. The minimum Gasteiger partial charge on any atom is -0.480 e. The van der Waals surface area contributed by atoms with Gasteiger partial charge < -0.3 is 20.6 Å². The maximum Gasteiger partial charge on any atom is 0.329 e. The Morgan fingerprint density at radius 3 is 2.62 bits per heavy atom. The summed E-state index contributed by atoms with van der Waals surface area (Å²) in [6, 6.07) is -0.356. The minimum absolute atomic E-state index is 0.333. The summed E-state index contributed by atoms with van der Waals surface area (Å²) in [5.41, 5.74) is -1.09. The SMILES string of the molecule is CC1CCCC(NC(=O)NCCN2CCCC2)(C(=O)O)C1. The molecule has 120 valence electrons. The highest BCUT2D eigenvalue weighted by molar-refractivity contribution is 5.86. The van der Waals surface area contributed by atoms with Gasteiger partial charge in [-0.15, -0.1) is 0 Å². The van der Waals surface area contributed by atoms with E-state index >= 15 is 0 Å². The van der Waals surface area contributed by atoms with Gasteiger partial charge in [-0.1, -0.05) is 19.8 Å². The Kier molecular flexibility index (Phi) is 5.45. The molecule has 1 heterocycles. The van der Waals surface area contributed by atoms with Crippen molar-refractivity contribution in [1.29, 1.82) is 0 Å². The Hall–Kier alpha value is -1.30. The van der Waals surface area contributed by atoms with Crippen molar-refractivity contribution in [1.82, 2.24) is 15.5 Å². The van der Waals surface area contributed by atoms with Crippen molar-refractivity contribution >= 4 is 12.0 Å². The van der Waals surface area contributed by atoms with Crippen LogP contribution in [0, 0.1) is 5.92 Å². The van der Waals surface area contributed by atoms with Crippen molar-refractivity contribution in [2.45, 2.75) is 51.0 Å². The molecule has 2 rings (SSSR count). The van der Waals surface area contributed by atoms with Crippen LogP contribution in [0.3, 0.4) is 0 Å². The molecule has 6 nitrogen and oxygen atoms in total. The van der Waals surface area contributed by atoms with Gasteiger partial charge in [-0.05, 0) is 44.7 Å². The predicted octanol–water partition coefficient (Wildman–Crippen LogP) is 1.41. The maximum absolute atomic E-state index is 12.0. The first kappa shape index (κ1) is 16.1. The molecule has 0 radical (unpaired) electrons. The van der Waals surface area contributed by atoms with Gasteiger partial charge in [0.1, 0.15) is 5.54 Å². The number of aliphatic carboxylic acids is 1. The zero-order chi connectivity index (χ0) is 15.3. The maximum atomic E-state index is 12.0. The summed E-state index contributed by atoms with van der Waals surface area (Å²) >= 11 is 0. The van der Waals surface area contributed by atoms with E-state index in [0.717, 1.165) is 32.5 Å². The highest BCUT2D eigenvalue weighted by Crippen LogP contribution is 2.32. The summed E-state index contributed by atoms with van der Waals surface area (Å²) in [6.07, 6.45) is 5.38. The first-order chi connectivity index (χ1) is 10.0. The van der Waals surface area contributed by atoms with Gasteiger partial charge in [0, 0.05) is 13.1 Å². The third-order valence-electron chi connectivity index (χ3n) is 4.67. The lowest BCUT2D eigenvalue weighted by molar-refractivity contribution is -0.146. The molecule has 2 atom stereocenters. The lowest BCUT2D eigenvalue weighted by atomic mass is 9.76. The largest absolute Gasteiger partial charge is 0.480 e. The van der Waals surface area contributed by atoms with E-state index in [4.69, 9.17) is 0 Å². The van der Waals surface area contributed by atoms with Crippen molar-refractivity contribution in [2.75, 3.05) is 26.2 Å². The van der Waals surface area contributed by atoms with Gasteiger partial charge >= 0.3 is 12.0 Å². The topological polar surface area (TPSA) is 81.7 Å². The fourth-order valence-electron chi connectivity index (χ4n) is 3.51. The first-order valence-electron chi connectivity index (χ1n) is 8.04. The Balaban J connectivity index is 1.79. The van der Waals surface area contributed by atoms with Gasteiger partial charge in [0.15, 0.2) is 0 Å². The van der Waals surface area contributed by atoms with Crippen molar-refractivity contribution in [3.63, 3.8) is 0 Å². The van der Waals surface area contributed by atoms with Crippen molar-refractivity contribution < 1.29 is 14.7 Å². The number of urea groups is 1. The van der Waals surface area contributed by atoms with Gasteiger partial charge in [-0.2, -0.15) is 0 Å². The molecule has 0 aromatic heterocycles. The molecule has 0 aromatic carbocycles. The standard InChI is InChI=1S/C15H27N3O3/c1-12-5-4-6-15(11-12,13(19)20)17-14(21)16-7-10-18-8-2-3-9-18/h12H,2-11H2,1H3,(H,19,20)(H2,16,17,21). The molecule has 2 fully saturated rings. The number of carbonyl (C=O) groups excluding carboxylic acids is 1. The van der Waals surface area contributed by atoms with Crippen LogP contribution in [0.5, 0.6) is 0 Å². The predicted molar refractivity (Wildman–Crippen MR) is 80.2 cm³/mol. The lowest BCUT2D eigenvalue weighted by Crippen LogP contribution is -2.59. The molecule has 0 spiro atoms. The van der Waals surface area contributed by atoms with Crippen LogP contribution < -0.4 is 10.6 Å². The number of nitrogens with one attached hydrogen (secondary N) is 2. The van der Waals surface area contributed by atoms with Crippen LogP contribution in [0.1, 0.15) is 45.4 Å². The Bertz CT molecular complexity index is 382. The molecule has 2 aliphatic rings. The zero-order valence-corrected chi connectivity index (χ0v) is 12.9. The van der Waals surface area contributed by atoms with Gasteiger partial charge in [0.25, 0.3) is 0 Å². The van der Waals surface area contributed by atoms with E-state index in [2.05, 4.69) is 15.5 Å². The van der Waals surface area contributed by atoms with E-state index < -0.39 is 11.5 Å². The third-order valence-corrected chi connectivity index (χ3v) is 4.67. The van der Waals surface area contributed by atoms with Crippen molar-refractivity contribution in [2.24, 2.45) is 5.92 Å². The molecule has 0 aromatic rings. The normalized spacial score (nSPS) is 30.0. The van der Waals surface area contributed by atoms with Gasteiger partial charge in [-0.3, -0.25) is 0 Å². The van der Waals surface area contributed by atoms with Crippen LogP contribution >= 0.6 is 0 Å². The highest BCUT2D eigenvalue weighted by Gasteiger charge is 2.43. The van der Waals surface area contributed by atoms with Crippen molar-refractivity contribution in [3.8, 4) is 0 Å². The molecular formula is C15H27N3O3. The van der Waals surface area contributed by atoms with E-state index in [9.17, 15) is 14.7 Å². The van der Waals surface area contributed by atoms with Crippen LogP contribution in [0.2, 0.25) is 0 Å².